The Kier molecular flexibility index (Phi) is 7.82. The Hall–Kier alpha value is -4.36. The molecule has 7 nitrogen and oxygen atoms in total. The van der Waals surface area contributed by atoms with Crippen LogP contribution in [0.3, 0.4) is 0 Å². The molecule has 1 aliphatic rings. The van der Waals surface area contributed by atoms with Gasteiger partial charge in [0.15, 0.2) is 0 Å². The van der Waals surface area contributed by atoms with E-state index in [-0.39, 0.29) is 24.5 Å². The number of carbonyl (C=O) groups is 2. The second kappa shape index (κ2) is 11.4. The van der Waals surface area contributed by atoms with Crippen molar-refractivity contribution in [2.24, 2.45) is 0 Å². The van der Waals surface area contributed by atoms with Gasteiger partial charge in [-0.1, -0.05) is 43.0 Å². The molecule has 1 amide bonds. The lowest BCUT2D eigenvalue weighted by Crippen LogP contribution is -2.32. The number of ketones is 1. The van der Waals surface area contributed by atoms with E-state index in [1.54, 1.807) is 54.6 Å². The van der Waals surface area contributed by atoms with E-state index in [0.29, 0.717) is 35.0 Å². The van der Waals surface area contributed by atoms with Gasteiger partial charge in [0, 0.05) is 19.2 Å². The van der Waals surface area contributed by atoms with Gasteiger partial charge in [-0.3, -0.25) is 9.59 Å². The molecule has 0 radical (unpaired) electrons. The highest BCUT2D eigenvalue weighted by atomic mass is 16.5. The van der Waals surface area contributed by atoms with Crippen molar-refractivity contribution in [2.45, 2.75) is 6.04 Å². The summed E-state index contributed by atoms with van der Waals surface area (Å²) in [5, 5.41) is 11.2. The molecule has 0 unspecified atom stereocenters. The Balaban J connectivity index is 1.75. The Morgan fingerprint density at radius 1 is 0.972 bits per heavy atom. The molecule has 1 saturated heterocycles. The fourth-order valence-electron chi connectivity index (χ4n) is 4.04. The molecule has 1 fully saturated rings. The van der Waals surface area contributed by atoms with Crippen molar-refractivity contribution in [3.63, 3.8) is 0 Å². The third kappa shape index (κ3) is 5.31. The molecule has 1 heterocycles. The zero-order valence-electron chi connectivity index (χ0n) is 19.9. The predicted octanol–water partition coefficient (Wildman–Crippen LogP) is 5.11. The number of benzene rings is 3. The van der Waals surface area contributed by atoms with E-state index in [0.717, 1.165) is 0 Å². The summed E-state index contributed by atoms with van der Waals surface area (Å²) in [7, 11) is 1.52. The third-order valence-electron chi connectivity index (χ3n) is 5.72. The highest BCUT2D eigenvalue weighted by molar-refractivity contribution is 6.46. The zero-order valence-corrected chi connectivity index (χ0v) is 19.9. The highest BCUT2D eigenvalue weighted by Crippen LogP contribution is 2.40. The van der Waals surface area contributed by atoms with Gasteiger partial charge < -0.3 is 24.2 Å². The van der Waals surface area contributed by atoms with E-state index in [9.17, 15) is 14.7 Å². The number of carbonyl (C=O) groups excluding carboxylic acids is 2. The molecule has 4 rings (SSSR count). The maximum absolute atomic E-state index is 13.1. The number of methoxy groups -OCH3 is 1. The van der Waals surface area contributed by atoms with Crippen LogP contribution in [0.5, 0.6) is 17.2 Å². The molecule has 0 saturated carbocycles. The average Bonchev–Trinajstić information content (AvgIpc) is 3.16. The Morgan fingerprint density at radius 3 is 2.39 bits per heavy atom. The van der Waals surface area contributed by atoms with Crippen LogP contribution in [-0.2, 0) is 14.3 Å². The quantitative estimate of drug-likeness (QED) is 0.186. The number of hydrogen-bond acceptors (Lipinski definition) is 6. The zero-order chi connectivity index (χ0) is 25.5. The van der Waals surface area contributed by atoms with Crippen LogP contribution in [-0.4, -0.2) is 48.6 Å². The molecule has 1 N–H and O–H groups in total. The number of likely N-dealkylation sites (tertiary alicyclic amines) is 1. The van der Waals surface area contributed by atoms with Gasteiger partial charge in [0.2, 0.25) is 0 Å². The van der Waals surface area contributed by atoms with Gasteiger partial charge in [0.05, 0.1) is 18.2 Å². The topological polar surface area (TPSA) is 85.3 Å². The summed E-state index contributed by atoms with van der Waals surface area (Å²) in [6.45, 7) is 4.38. The van der Waals surface area contributed by atoms with Crippen LogP contribution in [0, 0.1) is 0 Å². The SMILES string of the molecule is C=CCOc1ccc(C(O)=C2C(=O)C(=O)N(CCOC)[C@@H]2c2cccc(Oc3ccccc3)c2)cc1. The smallest absolute Gasteiger partial charge is 0.295 e. The Bertz CT molecular complexity index is 1270. The number of aliphatic hydroxyl groups is 1. The molecule has 3 aromatic carbocycles. The summed E-state index contributed by atoms with van der Waals surface area (Å²) in [6, 6.07) is 22.3. The number of hydrogen-bond donors (Lipinski definition) is 1. The summed E-state index contributed by atoms with van der Waals surface area (Å²) in [4.78, 5) is 27.6. The summed E-state index contributed by atoms with van der Waals surface area (Å²) < 4.78 is 16.6. The lowest BCUT2D eigenvalue weighted by molar-refractivity contribution is -0.140. The summed E-state index contributed by atoms with van der Waals surface area (Å²) in [5.41, 5.74) is 1.03. The Labute approximate surface area is 209 Å². The normalized spacial score (nSPS) is 16.7. The van der Waals surface area contributed by atoms with Crippen molar-refractivity contribution in [3.8, 4) is 17.2 Å². The molecule has 1 atom stereocenters. The first-order valence-corrected chi connectivity index (χ1v) is 11.5. The molecule has 0 aromatic heterocycles. The largest absolute Gasteiger partial charge is 0.507 e. The van der Waals surface area contributed by atoms with Crippen LogP contribution in [0.2, 0.25) is 0 Å². The van der Waals surface area contributed by atoms with Gasteiger partial charge in [-0.15, -0.1) is 0 Å². The molecule has 7 heteroatoms. The van der Waals surface area contributed by atoms with Gasteiger partial charge in [-0.2, -0.15) is 0 Å². The second-order valence-corrected chi connectivity index (χ2v) is 8.10. The minimum atomic E-state index is -0.809. The number of Topliss-reactive ketones (excluding diaryl/α,β-unsaturated/α-hetero) is 1. The van der Waals surface area contributed by atoms with Crippen LogP contribution in [0.4, 0.5) is 0 Å². The second-order valence-electron chi connectivity index (χ2n) is 8.10. The standard InChI is InChI=1S/C29H27NO6/c1-3-17-35-22-14-12-20(13-15-22)27(31)25-26(30(16-18-34-2)29(33)28(25)32)21-8-7-11-24(19-21)36-23-9-5-4-6-10-23/h3-15,19,26,31H,1,16-18H2,2H3/t26-/m1/s1. The molecule has 0 aliphatic carbocycles. The molecular weight excluding hydrogens is 458 g/mol. The first kappa shape index (κ1) is 24.8. The molecule has 184 valence electrons. The van der Waals surface area contributed by atoms with Gasteiger partial charge in [-0.25, -0.2) is 0 Å². The highest BCUT2D eigenvalue weighted by Gasteiger charge is 2.46. The van der Waals surface area contributed by atoms with E-state index < -0.39 is 17.7 Å². The van der Waals surface area contributed by atoms with Gasteiger partial charge >= 0.3 is 0 Å². The fraction of sp³-hybridized carbons (Fsp3) is 0.172. The van der Waals surface area contributed by atoms with Crippen molar-refractivity contribution in [2.75, 3.05) is 26.9 Å². The van der Waals surface area contributed by atoms with Crippen molar-refractivity contribution >= 4 is 17.4 Å². The summed E-state index contributed by atoms with van der Waals surface area (Å²) in [5.74, 6) is 0.0766. The van der Waals surface area contributed by atoms with Crippen molar-refractivity contribution in [1.29, 1.82) is 0 Å². The maximum Gasteiger partial charge on any atom is 0.295 e. The predicted molar refractivity (Wildman–Crippen MR) is 136 cm³/mol. The average molecular weight is 486 g/mol. The Morgan fingerprint density at radius 2 is 1.69 bits per heavy atom. The molecule has 0 spiro atoms. The van der Waals surface area contributed by atoms with E-state index in [2.05, 4.69) is 6.58 Å². The fourth-order valence-corrected chi connectivity index (χ4v) is 4.04. The van der Waals surface area contributed by atoms with E-state index >= 15 is 0 Å². The first-order chi connectivity index (χ1) is 17.5. The molecule has 36 heavy (non-hydrogen) atoms. The van der Waals surface area contributed by atoms with Gasteiger partial charge in [0.25, 0.3) is 11.7 Å². The van der Waals surface area contributed by atoms with Crippen molar-refractivity contribution in [1.82, 2.24) is 4.90 Å². The molecular formula is C29H27NO6. The maximum atomic E-state index is 13.1. The van der Waals surface area contributed by atoms with Crippen LogP contribution < -0.4 is 9.47 Å². The number of para-hydroxylation sites is 1. The summed E-state index contributed by atoms with van der Waals surface area (Å²) in [6.07, 6.45) is 1.63. The van der Waals surface area contributed by atoms with E-state index in [1.165, 1.54) is 12.0 Å². The number of rotatable bonds is 10. The van der Waals surface area contributed by atoms with Crippen LogP contribution in [0.15, 0.2) is 97.1 Å². The number of ether oxygens (including phenoxy) is 3. The van der Waals surface area contributed by atoms with E-state index in [1.807, 2.05) is 30.3 Å². The van der Waals surface area contributed by atoms with E-state index in [4.69, 9.17) is 14.2 Å². The van der Waals surface area contributed by atoms with Crippen LogP contribution in [0.25, 0.3) is 5.76 Å². The lowest BCUT2D eigenvalue weighted by atomic mass is 9.95. The molecule has 1 aliphatic heterocycles. The molecule has 0 bridgehead atoms. The van der Waals surface area contributed by atoms with Gasteiger partial charge in [0.1, 0.15) is 29.6 Å². The minimum Gasteiger partial charge on any atom is -0.507 e. The number of amides is 1. The number of aliphatic hydroxyl groups excluding tert-OH is 1. The minimum absolute atomic E-state index is 0.00715. The van der Waals surface area contributed by atoms with Crippen molar-refractivity contribution < 1.29 is 28.9 Å². The van der Waals surface area contributed by atoms with Crippen LogP contribution >= 0.6 is 0 Å². The summed E-state index contributed by atoms with van der Waals surface area (Å²) >= 11 is 0. The monoisotopic (exact) mass is 485 g/mol. The first-order valence-electron chi connectivity index (χ1n) is 11.5. The van der Waals surface area contributed by atoms with Crippen LogP contribution in [0.1, 0.15) is 17.2 Å². The van der Waals surface area contributed by atoms with Crippen molar-refractivity contribution in [3.05, 3.63) is 108 Å². The molecule has 3 aromatic rings. The number of nitrogens with zero attached hydrogens (tertiary/aromatic N) is 1. The lowest BCUT2D eigenvalue weighted by Gasteiger charge is -2.25. The van der Waals surface area contributed by atoms with Gasteiger partial charge in [-0.05, 0) is 54.1 Å². The third-order valence-corrected chi connectivity index (χ3v) is 5.72.